The summed E-state index contributed by atoms with van der Waals surface area (Å²) in [6.07, 6.45) is 6.70. The number of nitrogens with one attached hydrogen (secondary N) is 1. The molecular weight excluding hydrogens is 428 g/mol. The highest BCUT2D eigenvalue weighted by Crippen LogP contribution is 2.29. The zero-order chi connectivity index (χ0) is 23.8. The van der Waals surface area contributed by atoms with Crippen molar-refractivity contribution in [3.63, 3.8) is 0 Å². The van der Waals surface area contributed by atoms with E-state index >= 15 is 0 Å². The lowest BCUT2D eigenvalue weighted by Gasteiger charge is -2.11. The molecule has 0 atom stereocenters. The quantitative estimate of drug-likeness (QED) is 0.377. The summed E-state index contributed by atoms with van der Waals surface area (Å²) < 4.78 is 12.9. The summed E-state index contributed by atoms with van der Waals surface area (Å²) in [5.41, 5.74) is 3.71. The van der Waals surface area contributed by atoms with Crippen molar-refractivity contribution in [2.45, 2.75) is 52.4 Å². The number of benzene rings is 2. The van der Waals surface area contributed by atoms with Crippen LogP contribution in [0.25, 0.3) is 17.1 Å². The second kappa shape index (κ2) is 11.8. The van der Waals surface area contributed by atoms with Crippen LogP contribution in [-0.4, -0.2) is 40.5 Å². The molecule has 7 heteroatoms. The number of ether oxygens (including phenoxy) is 2. The summed E-state index contributed by atoms with van der Waals surface area (Å²) in [5.74, 6) is 1.49. The van der Waals surface area contributed by atoms with E-state index in [1.807, 2.05) is 62.4 Å². The van der Waals surface area contributed by atoms with Crippen molar-refractivity contribution in [2.24, 2.45) is 5.92 Å². The van der Waals surface area contributed by atoms with Crippen LogP contribution in [0.1, 0.15) is 51.0 Å². The number of hydrogen-bond donors (Lipinski definition) is 1. The molecule has 1 aromatic heterocycles. The largest absolute Gasteiger partial charge is 0.460 e. The lowest BCUT2D eigenvalue weighted by molar-refractivity contribution is -0.116. The molecule has 34 heavy (non-hydrogen) atoms. The highest BCUT2D eigenvalue weighted by molar-refractivity contribution is 5.90. The Bertz CT molecular complexity index is 1070. The van der Waals surface area contributed by atoms with Crippen LogP contribution in [0, 0.1) is 12.8 Å². The van der Waals surface area contributed by atoms with Crippen LogP contribution in [0.4, 0.5) is 5.69 Å². The van der Waals surface area contributed by atoms with Crippen molar-refractivity contribution >= 4 is 11.6 Å². The highest BCUT2D eigenvalue weighted by atomic mass is 16.5. The molecule has 3 aromatic rings. The number of aryl methyl sites for hydroxylation is 1. The van der Waals surface area contributed by atoms with Gasteiger partial charge >= 0.3 is 6.01 Å². The zero-order valence-electron chi connectivity index (χ0n) is 20.1. The molecule has 180 valence electrons. The van der Waals surface area contributed by atoms with Gasteiger partial charge in [0.15, 0.2) is 5.82 Å². The predicted molar refractivity (Wildman–Crippen MR) is 133 cm³/mol. The van der Waals surface area contributed by atoms with Gasteiger partial charge in [-0.05, 0) is 56.0 Å². The highest BCUT2D eigenvalue weighted by Gasteiger charge is 2.18. The second-order valence-electron chi connectivity index (χ2n) is 8.77. The summed E-state index contributed by atoms with van der Waals surface area (Å²) in [7, 11) is 0. The maximum atomic E-state index is 12.4. The van der Waals surface area contributed by atoms with Gasteiger partial charge in [-0.1, -0.05) is 49.9 Å². The minimum Gasteiger partial charge on any atom is -0.460 e. The van der Waals surface area contributed by atoms with Gasteiger partial charge in [0.05, 0.1) is 12.3 Å². The van der Waals surface area contributed by atoms with Crippen molar-refractivity contribution < 1.29 is 14.3 Å². The van der Waals surface area contributed by atoms with Crippen LogP contribution in [0.3, 0.4) is 0 Å². The molecule has 0 saturated heterocycles. The smallest absolute Gasteiger partial charge is 0.336 e. The third-order valence-electron chi connectivity index (χ3n) is 6.29. The lowest BCUT2D eigenvalue weighted by Crippen LogP contribution is -2.12. The monoisotopic (exact) mass is 462 g/mol. The van der Waals surface area contributed by atoms with E-state index in [-0.39, 0.29) is 5.91 Å². The van der Waals surface area contributed by atoms with E-state index in [2.05, 4.69) is 15.4 Å². The van der Waals surface area contributed by atoms with E-state index in [0.29, 0.717) is 44.0 Å². The van der Waals surface area contributed by atoms with Crippen LogP contribution < -0.4 is 10.1 Å². The van der Waals surface area contributed by atoms with Gasteiger partial charge in [0.1, 0.15) is 6.61 Å². The minimum atomic E-state index is 0.0750. The van der Waals surface area contributed by atoms with Crippen molar-refractivity contribution in [1.82, 2.24) is 14.8 Å². The average Bonchev–Trinajstić information content (AvgIpc) is 3.52. The molecule has 7 nitrogen and oxygen atoms in total. The molecule has 0 spiro atoms. The van der Waals surface area contributed by atoms with E-state index in [1.165, 1.54) is 25.7 Å². The topological polar surface area (TPSA) is 78.3 Å². The number of carbonyl (C=O) groups is 1. The summed E-state index contributed by atoms with van der Waals surface area (Å²) >= 11 is 0. The van der Waals surface area contributed by atoms with Gasteiger partial charge in [0.2, 0.25) is 5.91 Å². The average molecular weight is 463 g/mol. The Morgan fingerprint density at radius 1 is 1.09 bits per heavy atom. The predicted octanol–water partition coefficient (Wildman–Crippen LogP) is 5.57. The van der Waals surface area contributed by atoms with Crippen LogP contribution in [0.5, 0.6) is 6.01 Å². The fraction of sp³-hybridized carbons (Fsp3) is 0.444. The van der Waals surface area contributed by atoms with E-state index in [4.69, 9.17) is 9.47 Å². The number of hydrogen-bond acceptors (Lipinski definition) is 5. The van der Waals surface area contributed by atoms with Crippen molar-refractivity contribution in [3.8, 4) is 23.1 Å². The van der Waals surface area contributed by atoms with Gasteiger partial charge in [0.25, 0.3) is 0 Å². The third kappa shape index (κ3) is 6.23. The molecule has 1 fully saturated rings. The maximum Gasteiger partial charge on any atom is 0.336 e. The molecule has 1 saturated carbocycles. The molecule has 1 amide bonds. The Morgan fingerprint density at radius 3 is 2.59 bits per heavy atom. The third-order valence-corrected chi connectivity index (χ3v) is 6.29. The Hall–Kier alpha value is -3.19. The summed E-state index contributed by atoms with van der Waals surface area (Å²) in [6.45, 7) is 5.51. The molecule has 0 bridgehead atoms. The first-order valence-electron chi connectivity index (χ1n) is 12.3. The summed E-state index contributed by atoms with van der Waals surface area (Å²) in [5, 5.41) is 7.62. The van der Waals surface area contributed by atoms with Gasteiger partial charge in [-0.3, -0.25) is 4.79 Å². The number of carbonyl (C=O) groups excluding carboxylic acids is 1. The van der Waals surface area contributed by atoms with Gasteiger partial charge < -0.3 is 14.8 Å². The molecule has 2 aromatic carbocycles. The Kier molecular flexibility index (Phi) is 8.31. The first-order valence-corrected chi connectivity index (χ1v) is 12.3. The van der Waals surface area contributed by atoms with Crippen LogP contribution in [-0.2, 0) is 9.53 Å². The van der Waals surface area contributed by atoms with E-state index in [9.17, 15) is 4.79 Å². The molecule has 0 unspecified atom stereocenters. The van der Waals surface area contributed by atoms with Crippen molar-refractivity contribution in [3.05, 3.63) is 54.1 Å². The number of aromatic nitrogens is 3. The summed E-state index contributed by atoms with van der Waals surface area (Å²) in [4.78, 5) is 17.0. The Balaban J connectivity index is 1.48. The molecule has 0 aliphatic heterocycles. The van der Waals surface area contributed by atoms with Gasteiger partial charge in [-0.2, -0.15) is 4.98 Å². The molecule has 0 radical (unpaired) electrons. The van der Waals surface area contributed by atoms with E-state index < -0.39 is 0 Å². The molecule has 1 aliphatic rings. The molecule has 1 N–H and O–H groups in total. The number of amides is 1. The van der Waals surface area contributed by atoms with Gasteiger partial charge in [-0.25, -0.2) is 4.68 Å². The maximum absolute atomic E-state index is 12.4. The first kappa shape index (κ1) is 24.0. The molecule has 1 aliphatic carbocycles. The second-order valence-corrected chi connectivity index (χ2v) is 8.77. The fourth-order valence-electron chi connectivity index (χ4n) is 4.41. The molecule has 4 rings (SSSR count). The Morgan fingerprint density at radius 2 is 1.85 bits per heavy atom. The zero-order valence-corrected chi connectivity index (χ0v) is 20.1. The van der Waals surface area contributed by atoms with Gasteiger partial charge in [0, 0.05) is 24.3 Å². The number of nitrogens with zero attached hydrogens (tertiary/aromatic N) is 3. The Labute approximate surface area is 201 Å². The first-order chi connectivity index (χ1) is 16.6. The summed E-state index contributed by atoms with van der Waals surface area (Å²) in [6, 6.07) is 16.1. The lowest BCUT2D eigenvalue weighted by atomic mass is 10.0. The standard InChI is InChI=1S/C27H34N4O3/c1-3-33-18-19-34-27-29-26(24-11-7-4-8-20(24)2)31(30-27)23-15-13-22(14-16-23)28-25(32)17-12-21-9-5-6-10-21/h4,7-8,11,13-16,21H,3,5-6,9-10,12,17-19H2,1-2H3,(H,28,32). The molecular formula is C27H34N4O3. The van der Waals surface area contributed by atoms with Crippen LogP contribution in [0.15, 0.2) is 48.5 Å². The number of anilines is 1. The van der Waals surface area contributed by atoms with Gasteiger partial charge in [-0.15, -0.1) is 5.10 Å². The molecule has 1 heterocycles. The SMILES string of the molecule is CCOCCOc1nc(-c2ccccc2C)n(-c2ccc(NC(=O)CCC3CCCC3)cc2)n1. The number of rotatable bonds is 11. The van der Waals surface area contributed by atoms with Crippen molar-refractivity contribution in [1.29, 1.82) is 0 Å². The fourth-order valence-corrected chi connectivity index (χ4v) is 4.41. The van der Waals surface area contributed by atoms with Crippen molar-refractivity contribution in [2.75, 3.05) is 25.1 Å². The van der Waals surface area contributed by atoms with Crippen LogP contribution in [0.2, 0.25) is 0 Å². The van der Waals surface area contributed by atoms with E-state index in [1.54, 1.807) is 4.68 Å². The van der Waals surface area contributed by atoms with E-state index in [0.717, 1.165) is 28.9 Å². The minimum absolute atomic E-state index is 0.0750. The normalized spacial score (nSPS) is 13.8. The van der Waals surface area contributed by atoms with Crippen LogP contribution >= 0.6 is 0 Å².